The molecule has 1 aliphatic heterocycles. The Balaban J connectivity index is 1.60. The van der Waals surface area contributed by atoms with Gasteiger partial charge >= 0.3 is 0 Å². The van der Waals surface area contributed by atoms with E-state index in [1.807, 2.05) is 32.9 Å². The van der Waals surface area contributed by atoms with E-state index in [4.69, 9.17) is 9.47 Å². The number of fused-ring (bicyclic) bond motifs is 1. The molecule has 0 aliphatic carbocycles. The van der Waals surface area contributed by atoms with Crippen molar-refractivity contribution in [3.8, 4) is 11.5 Å². The van der Waals surface area contributed by atoms with Crippen molar-refractivity contribution >= 4 is 17.7 Å². The van der Waals surface area contributed by atoms with Gasteiger partial charge in [0.2, 0.25) is 5.91 Å². The van der Waals surface area contributed by atoms with Crippen molar-refractivity contribution in [1.82, 2.24) is 15.3 Å². The SMILES string of the molecule is CCCc1cc(=O)[nH]c(SCC(=O)NCc2cc3c(cc2OCC)C[C@H](C)O3)n1. The van der Waals surface area contributed by atoms with Crippen molar-refractivity contribution in [2.45, 2.75) is 57.8 Å². The highest BCUT2D eigenvalue weighted by Gasteiger charge is 2.22. The van der Waals surface area contributed by atoms with Crippen LogP contribution in [0.1, 0.15) is 44.0 Å². The first-order valence-electron chi connectivity index (χ1n) is 9.93. The number of amides is 1. The molecule has 29 heavy (non-hydrogen) atoms. The van der Waals surface area contributed by atoms with Gasteiger partial charge in [-0.2, -0.15) is 0 Å². The number of nitrogens with zero attached hydrogens (tertiary/aromatic N) is 1. The minimum Gasteiger partial charge on any atom is -0.494 e. The van der Waals surface area contributed by atoms with Gasteiger partial charge in [0.1, 0.15) is 17.6 Å². The summed E-state index contributed by atoms with van der Waals surface area (Å²) < 4.78 is 11.6. The average molecular weight is 418 g/mol. The topological polar surface area (TPSA) is 93.3 Å². The van der Waals surface area contributed by atoms with Gasteiger partial charge in [-0.05, 0) is 32.4 Å². The number of rotatable bonds is 9. The highest BCUT2D eigenvalue weighted by Crippen LogP contribution is 2.35. The second kappa shape index (κ2) is 9.82. The van der Waals surface area contributed by atoms with Crippen molar-refractivity contribution in [1.29, 1.82) is 0 Å². The number of aromatic nitrogens is 2. The molecule has 0 radical (unpaired) electrons. The molecule has 3 rings (SSSR count). The lowest BCUT2D eigenvalue weighted by molar-refractivity contribution is -0.118. The first-order valence-corrected chi connectivity index (χ1v) is 10.9. The van der Waals surface area contributed by atoms with Crippen LogP contribution < -0.4 is 20.3 Å². The number of nitrogens with one attached hydrogen (secondary N) is 2. The molecule has 1 atom stereocenters. The quantitative estimate of drug-likeness (QED) is 0.481. The molecule has 2 N–H and O–H groups in total. The molecule has 156 valence electrons. The van der Waals surface area contributed by atoms with Crippen molar-refractivity contribution in [3.63, 3.8) is 0 Å². The largest absolute Gasteiger partial charge is 0.494 e. The predicted octanol–water partition coefficient (Wildman–Crippen LogP) is 2.85. The lowest BCUT2D eigenvalue weighted by Crippen LogP contribution is -2.25. The zero-order chi connectivity index (χ0) is 20.8. The molecule has 7 nitrogen and oxygen atoms in total. The van der Waals surface area contributed by atoms with E-state index in [-0.39, 0.29) is 23.3 Å². The Labute approximate surface area is 174 Å². The fraction of sp³-hybridized carbons (Fsp3) is 0.476. The van der Waals surface area contributed by atoms with E-state index in [9.17, 15) is 9.59 Å². The molecule has 0 unspecified atom stereocenters. The Kier molecular flexibility index (Phi) is 7.19. The Morgan fingerprint density at radius 2 is 2.21 bits per heavy atom. The summed E-state index contributed by atoms with van der Waals surface area (Å²) >= 11 is 1.22. The molecule has 2 heterocycles. The van der Waals surface area contributed by atoms with Crippen LogP contribution in [0, 0.1) is 0 Å². The van der Waals surface area contributed by atoms with E-state index in [0.29, 0.717) is 18.3 Å². The number of aryl methyl sites for hydroxylation is 1. The van der Waals surface area contributed by atoms with Crippen LogP contribution in [0.2, 0.25) is 0 Å². The van der Waals surface area contributed by atoms with E-state index in [1.165, 1.54) is 17.8 Å². The molecule has 1 amide bonds. The number of hydrogen-bond donors (Lipinski definition) is 2. The number of carbonyl (C=O) groups is 1. The van der Waals surface area contributed by atoms with Gasteiger partial charge in [-0.3, -0.25) is 9.59 Å². The third kappa shape index (κ3) is 5.76. The van der Waals surface area contributed by atoms with Crippen molar-refractivity contribution in [2.75, 3.05) is 12.4 Å². The number of aromatic amines is 1. The zero-order valence-electron chi connectivity index (χ0n) is 17.0. The van der Waals surface area contributed by atoms with E-state index < -0.39 is 0 Å². The van der Waals surface area contributed by atoms with Gasteiger partial charge in [-0.15, -0.1) is 0 Å². The minimum atomic E-state index is -0.194. The lowest BCUT2D eigenvalue weighted by Gasteiger charge is -2.13. The van der Waals surface area contributed by atoms with Crippen LogP contribution >= 0.6 is 11.8 Å². The van der Waals surface area contributed by atoms with E-state index >= 15 is 0 Å². The highest BCUT2D eigenvalue weighted by molar-refractivity contribution is 7.99. The maximum absolute atomic E-state index is 12.3. The molecule has 0 saturated heterocycles. The summed E-state index contributed by atoms with van der Waals surface area (Å²) in [6.07, 6.45) is 2.66. The van der Waals surface area contributed by atoms with Gasteiger partial charge in [-0.1, -0.05) is 25.1 Å². The normalized spacial score (nSPS) is 14.9. The number of ether oxygens (including phenoxy) is 2. The third-order valence-corrected chi connectivity index (χ3v) is 5.35. The molecule has 0 spiro atoms. The van der Waals surface area contributed by atoms with Gasteiger partial charge in [0.15, 0.2) is 5.16 Å². The summed E-state index contributed by atoms with van der Waals surface area (Å²) in [6.45, 7) is 6.90. The van der Waals surface area contributed by atoms with Crippen molar-refractivity contribution < 1.29 is 14.3 Å². The van der Waals surface area contributed by atoms with Crippen molar-refractivity contribution in [2.24, 2.45) is 0 Å². The fourth-order valence-electron chi connectivity index (χ4n) is 3.22. The number of carbonyl (C=O) groups excluding carboxylic acids is 1. The first kappa shape index (κ1) is 21.2. The van der Waals surface area contributed by atoms with E-state index in [0.717, 1.165) is 47.6 Å². The molecular formula is C21H27N3O4S. The molecule has 0 fully saturated rings. The number of hydrogen-bond acceptors (Lipinski definition) is 6. The summed E-state index contributed by atoms with van der Waals surface area (Å²) in [4.78, 5) is 31.1. The third-order valence-electron chi connectivity index (χ3n) is 4.47. The number of thioether (sulfide) groups is 1. The summed E-state index contributed by atoms with van der Waals surface area (Å²) in [7, 11) is 0. The summed E-state index contributed by atoms with van der Waals surface area (Å²) in [5.74, 6) is 1.65. The summed E-state index contributed by atoms with van der Waals surface area (Å²) in [5, 5.41) is 3.37. The van der Waals surface area contributed by atoms with Crippen LogP contribution in [0.15, 0.2) is 28.2 Å². The van der Waals surface area contributed by atoms with Gasteiger partial charge in [0, 0.05) is 35.9 Å². The van der Waals surface area contributed by atoms with Crippen LogP contribution in [-0.2, 0) is 24.2 Å². The second-order valence-electron chi connectivity index (χ2n) is 6.99. The lowest BCUT2D eigenvalue weighted by atomic mass is 10.1. The van der Waals surface area contributed by atoms with Gasteiger partial charge in [0.25, 0.3) is 5.56 Å². The number of benzene rings is 1. The van der Waals surface area contributed by atoms with Crippen LogP contribution in [0.4, 0.5) is 0 Å². The maximum Gasteiger partial charge on any atom is 0.251 e. The number of H-pyrrole nitrogens is 1. The molecule has 1 aromatic heterocycles. The minimum absolute atomic E-state index is 0.143. The Morgan fingerprint density at radius 3 is 2.97 bits per heavy atom. The Hall–Kier alpha value is -2.48. The molecule has 8 heteroatoms. The van der Waals surface area contributed by atoms with Crippen LogP contribution in [0.5, 0.6) is 11.5 Å². The monoisotopic (exact) mass is 417 g/mol. The maximum atomic E-state index is 12.3. The molecule has 0 saturated carbocycles. The standard InChI is InChI=1S/C21H27N3O4S/c1-4-6-16-10-19(25)24-21(23-16)29-12-20(26)22-11-15-9-18-14(7-13(3)28-18)8-17(15)27-5-2/h8-10,13H,4-7,11-12H2,1-3H3,(H,22,26)(H,23,24,25)/t13-/m0/s1. The Bertz CT molecular complexity index is 929. The zero-order valence-corrected chi connectivity index (χ0v) is 17.9. The van der Waals surface area contributed by atoms with Gasteiger partial charge < -0.3 is 19.8 Å². The van der Waals surface area contributed by atoms with Crippen LogP contribution in [-0.4, -0.2) is 34.3 Å². The summed E-state index contributed by atoms with van der Waals surface area (Å²) in [6, 6.07) is 5.45. The second-order valence-corrected chi connectivity index (χ2v) is 7.95. The first-order chi connectivity index (χ1) is 14.0. The molecule has 1 aromatic carbocycles. The molecule has 1 aliphatic rings. The van der Waals surface area contributed by atoms with Crippen LogP contribution in [0.3, 0.4) is 0 Å². The van der Waals surface area contributed by atoms with Gasteiger partial charge in [0.05, 0.1) is 12.4 Å². The molecule has 2 aromatic rings. The fourth-order valence-corrected chi connectivity index (χ4v) is 3.95. The van der Waals surface area contributed by atoms with Crippen molar-refractivity contribution in [3.05, 3.63) is 45.4 Å². The van der Waals surface area contributed by atoms with E-state index in [1.54, 1.807) is 0 Å². The van der Waals surface area contributed by atoms with Gasteiger partial charge in [-0.25, -0.2) is 4.98 Å². The molecular weight excluding hydrogens is 390 g/mol. The van der Waals surface area contributed by atoms with Crippen LogP contribution in [0.25, 0.3) is 0 Å². The summed E-state index contributed by atoms with van der Waals surface area (Å²) in [5.41, 5.74) is 2.57. The average Bonchev–Trinajstić information content (AvgIpc) is 3.03. The Morgan fingerprint density at radius 1 is 1.38 bits per heavy atom. The highest BCUT2D eigenvalue weighted by atomic mass is 32.2. The molecule has 0 bridgehead atoms. The smallest absolute Gasteiger partial charge is 0.251 e. The van der Waals surface area contributed by atoms with E-state index in [2.05, 4.69) is 15.3 Å². The predicted molar refractivity (Wildman–Crippen MR) is 113 cm³/mol.